The molecule has 0 unspecified atom stereocenters. The second-order valence-corrected chi connectivity index (χ2v) is 4.69. The molecule has 0 radical (unpaired) electrons. The third kappa shape index (κ3) is 9.63. The van der Waals surface area contributed by atoms with Crippen molar-refractivity contribution in [1.82, 2.24) is 11.5 Å². The summed E-state index contributed by atoms with van der Waals surface area (Å²) >= 11 is 0. The van der Waals surface area contributed by atoms with Gasteiger partial charge in [-0.05, 0) is 18.9 Å². The molecule has 0 atom stereocenters. The molecular formula is C9H20N2O4S. The first-order valence-electron chi connectivity index (χ1n) is 4.79. The van der Waals surface area contributed by atoms with Crippen LogP contribution in [0.2, 0.25) is 0 Å². The standard InChI is InChI=1S/C9H17NO4S.H3N/c1-3-8-15(12,13)14-7-5-6-10-9(11)4-2;/h4H,2-3,5-8H2,1H3,(H,10,11);1H3. The highest BCUT2D eigenvalue weighted by molar-refractivity contribution is 7.86. The smallest absolute Gasteiger partial charge is 0.267 e. The van der Waals surface area contributed by atoms with Crippen LogP contribution in [0, 0.1) is 0 Å². The summed E-state index contributed by atoms with van der Waals surface area (Å²) in [5, 5.41) is 2.52. The molecule has 16 heavy (non-hydrogen) atoms. The van der Waals surface area contributed by atoms with E-state index in [0.717, 1.165) is 6.08 Å². The van der Waals surface area contributed by atoms with Crippen molar-refractivity contribution < 1.29 is 17.4 Å². The third-order valence-electron chi connectivity index (χ3n) is 1.52. The van der Waals surface area contributed by atoms with Gasteiger partial charge in [-0.3, -0.25) is 8.98 Å². The van der Waals surface area contributed by atoms with Gasteiger partial charge < -0.3 is 11.5 Å². The van der Waals surface area contributed by atoms with E-state index in [1.807, 2.05) is 0 Å². The first-order valence-corrected chi connectivity index (χ1v) is 6.37. The first kappa shape index (κ1) is 17.5. The summed E-state index contributed by atoms with van der Waals surface area (Å²) in [6, 6.07) is 0. The Morgan fingerprint density at radius 1 is 1.50 bits per heavy atom. The Labute approximate surface area is 96.8 Å². The number of hydrogen-bond acceptors (Lipinski definition) is 5. The Hall–Kier alpha value is -0.920. The predicted molar refractivity (Wildman–Crippen MR) is 62.9 cm³/mol. The Morgan fingerprint density at radius 3 is 2.62 bits per heavy atom. The van der Waals surface area contributed by atoms with Gasteiger partial charge in [0.1, 0.15) is 0 Å². The van der Waals surface area contributed by atoms with Gasteiger partial charge in [-0.15, -0.1) is 0 Å². The molecule has 0 saturated carbocycles. The molecule has 0 aliphatic carbocycles. The van der Waals surface area contributed by atoms with Crippen molar-refractivity contribution in [3.63, 3.8) is 0 Å². The molecule has 0 bridgehead atoms. The van der Waals surface area contributed by atoms with Crippen LogP contribution < -0.4 is 11.5 Å². The molecule has 0 aromatic heterocycles. The van der Waals surface area contributed by atoms with E-state index in [-0.39, 0.29) is 24.4 Å². The van der Waals surface area contributed by atoms with Gasteiger partial charge in [0.25, 0.3) is 10.1 Å². The zero-order valence-corrected chi connectivity index (χ0v) is 10.4. The van der Waals surface area contributed by atoms with Crippen molar-refractivity contribution >= 4 is 16.0 Å². The van der Waals surface area contributed by atoms with Crippen molar-refractivity contribution in [2.75, 3.05) is 18.9 Å². The molecule has 96 valence electrons. The van der Waals surface area contributed by atoms with Crippen LogP contribution in [0.25, 0.3) is 0 Å². The number of amides is 1. The molecule has 0 fully saturated rings. The molecule has 0 spiro atoms. The molecule has 0 aromatic rings. The summed E-state index contributed by atoms with van der Waals surface area (Å²) < 4.78 is 26.8. The number of rotatable bonds is 8. The minimum atomic E-state index is -3.37. The van der Waals surface area contributed by atoms with E-state index in [9.17, 15) is 13.2 Å². The molecule has 0 saturated heterocycles. The van der Waals surface area contributed by atoms with Crippen molar-refractivity contribution in [1.29, 1.82) is 0 Å². The van der Waals surface area contributed by atoms with E-state index in [1.54, 1.807) is 6.92 Å². The average Bonchev–Trinajstić information content (AvgIpc) is 2.16. The lowest BCUT2D eigenvalue weighted by molar-refractivity contribution is -0.116. The zero-order valence-electron chi connectivity index (χ0n) is 9.57. The van der Waals surface area contributed by atoms with E-state index >= 15 is 0 Å². The predicted octanol–water partition coefficient (Wildman–Crippen LogP) is 0.597. The summed E-state index contributed by atoms with van der Waals surface area (Å²) in [7, 11) is -3.37. The van der Waals surface area contributed by atoms with Gasteiger partial charge in [-0.25, -0.2) is 0 Å². The fourth-order valence-corrected chi connectivity index (χ4v) is 1.84. The maximum Gasteiger partial charge on any atom is 0.267 e. The van der Waals surface area contributed by atoms with Crippen LogP contribution in [-0.4, -0.2) is 33.2 Å². The molecule has 0 aliphatic heterocycles. The maximum atomic E-state index is 11.1. The first-order chi connectivity index (χ1) is 7.02. The molecule has 6 nitrogen and oxygen atoms in total. The normalized spacial score (nSPS) is 10.3. The molecule has 0 heterocycles. The number of hydrogen-bond donors (Lipinski definition) is 2. The van der Waals surface area contributed by atoms with E-state index in [1.165, 1.54) is 0 Å². The van der Waals surface area contributed by atoms with E-state index in [4.69, 9.17) is 0 Å². The van der Waals surface area contributed by atoms with E-state index < -0.39 is 10.1 Å². The minimum absolute atomic E-state index is 0. The maximum absolute atomic E-state index is 11.1. The summed E-state index contributed by atoms with van der Waals surface area (Å²) in [4.78, 5) is 10.7. The fourth-order valence-electron chi connectivity index (χ4n) is 0.851. The number of carbonyl (C=O) groups is 1. The van der Waals surface area contributed by atoms with Crippen LogP contribution in [0.3, 0.4) is 0 Å². The molecule has 7 heteroatoms. The zero-order chi connectivity index (χ0) is 11.7. The lowest BCUT2D eigenvalue weighted by Crippen LogP contribution is -2.23. The van der Waals surface area contributed by atoms with E-state index in [2.05, 4.69) is 16.1 Å². The van der Waals surface area contributed by atoms with E-state index in [0.29, 0.717) is 19.4 Å². The third-order valence-corrected chi connectivity index (χ3v) is 2.96. The van der Waals surface area contributed by atoms with Crippen LogP contribution in [0.15, 0.2) is 12.7 Å². The Morgan fingerprint density at radius 2 is 2.12 bits per heavy atom. The Bertz CT molecular complexity index is 301. The highest BCUT2D eigenvalue weighted by Gasteiger charge is 2.08. The molecule has 0 rings (SSSR count). The van der Waals surface area contributed by atoms with Crippen molar-refractivity contribution in [3.8, 4) is 0 Å². The SMILES string of the molecule is C=CC(=O)NCCCOS(=O)(=O)CCC.N. The number of carbonyl (C=O) groups excluding carboxylic acids is 1. The molecule has 0 aliphatic rings. The summed E-state index contributed by atoms with van der Waals surface area (Å²) in [6.07, 6.45) is 2.16. The molecule has 4 N–H and O–H groups in total. The van der Waals surface area contributed by atoms with Crippen molar-refractivity contribution in [3.05, 3.63) is 12.7 Å². The van der Waals surface area contributed by atoms with Gasteiger partial charge in [-0.2, -0.15) is 8.42 Å². The minimum Gasteiger partial charge on any atom is -0.352 e. The molecular weight excluding hydrogens is 232 g/mol. The van der Waals surface area contributed by atoms with Crippen LogP contribution >= 0.6 is 0 Å². The van der Waals surface area contributed by atoms with Crippen molar-refractivity contribution in [2.45, 2.75) is 19.8 Å². The van der Waals surface area contributed by atoms with Crippen molar-refractivity contribution in [2.24, 2.45) is 0 Å². The largest absolute Gasteiger partial charge is 0.352 e. The van der Waals surface area contributed by atoms with Gasteiger partial charge >= 0.3 is 0 Å². The Kier molecular flexibility index (Phi) is 10.2. The fraction of sp³-hybridized carbons (Fsp3) is 0.667. The van der Waals surface area contributed by atoms with Gasteiger partial charge in [0.2, 0.25) is 5.91 Å². The lowest BCUT2D eigenvalue weighted by Gasteiger charge is -2.04. The van der Waals surface area contributed by atoms with Crippen LogP contribution in [0.5, 0.6) is 0 Å². The highest BCUT2D eigenvalue weighted by atomic mass is 32.2. The lowest BCUT2D eigenvalue weighted by atomic mass is 10.4. The monoisotopic (exact) mass is 252 g/mol. The highest BCUT2D eigenvalue weighted by Crippen LogP contribution is 1.96. The second-order valence-electron chi connectivity index (χ2n) is 2.93. The van der Waals surface area contributed by atoms with Crippen LogP contribution in [0.1, 0.15) is 19.8 Å². The van der Waals surface area contributed by atoms with Gasteiger partial charge in [0.05, 0.1) is 12.4 Å². The number of nitrogens with one attached hydrogen (secondary N) is 1. The molecule has 1 amide bonds. The summed E-state index contributed by atoms with van der Waals surface area (Å²) in [6.45, 7) is 5.53. The van der Waals surface area contributed by atoms with Gasteiger partial charge in [0, 0.05) is 6.54 Å². The molecule has 0 aromatic carbocycles. The summed E-state index contributed by atoms with van der Waals surface area (Å²) in [5.74, 6) is -0.238. The quantitative estimate of drug-likeness (QED) is 0.373. The Balaban J connectivity index is 0. The van der Waals surface area contributed by atoms with Crippen LogP contribution in [-0.2, 0) is 19.1 Å². The second kappa shape index (κ2) is 9.32. The topological polar surface area (TPSA) is 107 Å². The van der Waals surface area contributed by atoms with Gasteiger partial charge in [0.15, 0.2) is 0 Å². The van der Waals surface area contributed by atoms with Gasteiger partial charge in [-0.1, -0.05) is 13.5 Å². The average molecular weight is 252 g/mol. The summed E-state index contributed by atoms with van der Waals surface area (Å²) in [5.41, 5.74) is 0. The van der Waals surface area contributed by atoms with Crippen LogP contribution in [0.4, 0.5) is 0 Å².